The van der Waals surface area contributed by atoms with E-state index in [-0.39, 0.29) is 11.2 Å². The first-order valence-electron chi connectivity index (χ1n) is 9.21. The van der Waals surface area contributed by atoms with Gasteiger partial charge >= 0.3 is 0 Å². The number of imidazole rings is 1. The molecule has 0 saturated carbocycles. The summed E-state index contributed by atoms with van der Waals surface area (Å²) in [6, 6.07) is 16.5. The van der Waals surface area contributed by atoms with Gasteiger partial charge in [0.15, 0.2) is 5.16 Å². The second-order valence-electron chi connectivity index (χ2n) is 6.75. The van der Waals surface area contributed by atoms with Gasteiger partial charge in [-0.15, -0.1) is 0 Å². The maximum Gasteiger partial charge on any atom is 0.236 e. The Balaban J connectivity index is 1.67. The van der Waals surface area contributed by atoms with E-state index in [4.69, 9.17) is 9.72 Å². The Morgan fingerprint density at radius 1 is 1.11 bits per heavy atom. The minimum absolute atomic E-state index is 0.144. The molecule has 1 aliphatic rings. The smallest absolute Gasteiger partial charge is 0.236 e. The van der Waals surface area contributed by atoms with Crippen LogP contribution in [0.3, 0.4) is 0 Å². The molecule has 0 radical (unpaired) electrons. The van der Waals surface area contributed by atoms with Gasteiger partial charge in [-0.3, -0.25) is 9.36 Å². The molecule has 3 aromatic rings. The second-order valence-corrected chi connectivity index (χ2v) is 8.06. The molecule has 1 atom stereocenters. The molecule has 0 N–H and O–H groups in total. The summed E-state index contributed by atoms with van der Waals surface area (Å²) in [5, 5.41) is 0.637. The molecular weight excluding hydrogens is 358 g/mol. The summed E-state index contributed by atoms with van der Waals surface area (Å²) < 4.78 is 7.50. The molecule has 0 spiro atoms. The van der Waals surface area contributed by atoms with E-state index in [2.05, 4.69) is 41.8 Å². The molecular formula is C21H23N3O2S. The van der Waals surface area contributed by atoms with Gasteiger partial charge in [-0.2, -0.15) is 0 Å². The highest BCUT2D eigenvalue weighted by Crippen LogP contribution is 2.31. The topological polar surface area (TPSA) is 47.4 Å². The Bertz CT molecular complexity index is 946. The van der Waals surface area contributed by atoms with Crippen LogP contribution in [0.15, 0.2) is 53.7 Å². The number of rotatable bonds is 4. The third-order valence-corrected chi connectivity index (χ3v) is 5.81. The van der Waals surface area contributed by atoms with Crippen molar-refractivity contribution in [2.75, 3.05) is 26.3 Å². The van der Waals surface area contributed by atoms with Crippen molar-refractivity contribution in [2.45, 2.75) is 24.3 Å². The highest BCUT2D eigenvalue weighted by atomic mass is 32.2. The van der Waals surface area contributed by atoms with Gasteiger partial charge in [0, 0.05) is 18.8 Å². The summed E-state index contributed by atoms with van der Waals surface area (Å²) in [6.45, 7) is 6.60. The number of para-hydroxylation sites is 2. The molecule has 1 saturated heterocycles. The van der Waals surface area contributed by atoms with Crippen molar-refractivity contribution in [3.05, 3.63) is 54.1 Å². The van der Waals surface area contributed by atoms with Gasteiger partial charge in [-0.05, 0) is 38.1 Å². The minimum Gasteiger partial charge on any atom is -0.378 e. The molecule has 1 fully saturated rings. The SMILES string of the molecule is Cc1ccc(-n2c(SC(C)C(=O)N3CCOCC3)nc3ccccc32)cc1. The van der Waals surface area contributed by atoms with Crippen LogP contribution in [0.4, 0.5) is 0 Å². The van der Waals surface area contributed by atoms with E-state index >= 15 is 0 Å². The predicted octanol–water partition coefficient (Wildman–Crippen LogP) is 3.67. The number of aromatic nitrogens is 2. The minimum atomic E-state index is -0.205. The highest BCUT2D eigenvalue weighted by molar-refractivity contribution is 8.00. The zero-order chi connectivity index (χ0) is 18.8. The molecule has 1 aliphatic heterocycles. The number of hydrogen-bond acceptors (Lipinski definition) is 4. The lowest BCUT2D eigenvalue weighted by atomic mass is 10.2. The van der Waals surface area contributed by atoms with E-state index in [1.807, 2.05) is 30.0 Å². The third-order valence-electron chi connectivity index (χ3n) is 4.77. The van der Waals surface area contributed by atoms with Crippen molar-refractivity contribution < 1.29 is 9.53 Å². The fourth-order valence-electron chi connectivity index (χ4n) is 3.28. The predicted molar refractivity (Wildman–Crippen MR) is 109 cm³/mol. The van der Waals surface area contributed by atoms with Crippen molar-refractivity contribution in [1.82, 2.24) is 14.5 Å². The van der Waals surface area contributed by atoms with E-state index in [0.717, 1.165) is 21.9 Å². The number of amides is 1. The average Bonchev–Trinajstić information content (AvgIpc) is 3.06. The summed E-state index contributed by atoms with van der Waals surface area (Å²) in [5.74, 6) is 0.144. The Morgan fingerprint density at radius 2 is 1.81 bits per heavy atom. The first kappa shape index (κ1) is 18.1. The van der Waals surface area contributed by atoms with Gasteiger partial charge < -0.3 is 9.64 Å². The van der Waals surface area contributed by atoms with E-state index in [9.17, 15) is 4.79 Å². The number of carbonyl (C=O) groups is 1. The van der Waals surface area contributed by atoms with Crippen LogP contribution in [-0.4, -0.2) is 51.9 Å². The van der Waals surface area contributed by atoms with Gasteiger partial charge in [0.1, 0.15) is 0 Å². The van der Waals surface area contributed by atoms with Crippen molar-refractivity contribution in [1.29, 1.82) is 0 Å². The van der Waals surface area contributed by atoms with Crippen LogP contribution < -0.4 is 0 Å². The molecule has 1 amide bonds. The number of thioether (sulfide) groups is 1. The van der Waals surface area contributed by atoms with Crippen LogP contribution in [0.1, 0.15) is 12.5 Å². The zero-order valence-corrected chi connectivity index (χ0v) is 16.4. The summed E-state index contributed by atoms with van der Waals surface area (Å²) >= 11 is 1.52. The first-order valence-corrected chi connectivity index (χ1v) is 10.1. The summed E-state index contributed by atoms with van der Waals surface area (Å²) in [4.78, 5) is 19.5. The number of nitrogens with zero attached hydrogens (tertiary/aromatic N) is 3. The van der Waals surface area contributed by atoms with Crippen molar-refractivity contribution in [2.24, 2.45) is 0 Å². The summed E-state index contributed by atoms with van der Waals surface area (Å²) in [6.07, 6.45) is 0. The first-order chi connectivity index (χ1) is 13.1. The van der Waals surface area contributed by atoms with Crippen molar-refractivity contribution in [3.63, 3.8) is 0 Å². The van der Waals surface area contributed by atoms with E-state index < -0.39 is 0 Å². The third kappa shape index (κ3) is 3.73. The van der Waals surface area contributed by atoms with Crippen LogP contribution in [0.2, 0.25) is 0 Å². The van der Waals surface area contributed by atoms with Gasteiger partial charge in [0.05, 0.1) is 29.5 Å². The number of ether oxygens (including phenoxy) is 1. The quantitative estimate of drug-likeness (QED) is 0.647. The van der Waals surface area contributed by atoms with Crippen LogP contribution in [0, 0.1) is 6.92 Å². The normalized spacial score (nSPS) is 15.9. The van der Waals surface area contributed by atoms with E-state index in [0.29, 0.717) is 26.3 Å². The van der Waals surface area contributed by atoms with Crippen LogP contribution in [0.5, 0.6) is 0 Å². The molecule has 6 heteroatoms. The summed E-state index contributed by atoms with van der Waals surface area (Å²) in [7, 11) is 0. The largest absolute Gasteiger partial charge is 0.378 e. The molecule has 1 unspecified atom stereocenters. The van der Waals surface area contributed by atoms with Crippen LogP contribution in [0.25, 0.3) is 16.7 Å². The molecule has 5 nitrogen and oxygen atoms in total. The lowest BCUT2D eigenvalue weighted by Crippen LogP contribution is -2.44. The van der Waals surface area contributed by atoms with Crippen molar-refractivity contribution in [3.8, 4) is 5.69 Å². The number of carbonyl (C=O) groups excluding carboxylic acids is 1. The Morgan fingerprint density at radius 3 is 2.56 bits per heavy atom. The summed E-state index contributed by atoms with van der Waals surface area (Å²) in [5.41, 5.74) is 4.26. The maximum absolute atomic E-state index is 12.8. The van der Waals surface area contributed by atoms with Gasteiger partial charge in [0.25, 0.3) is 0 Å². The molecule has 140 valence electrons. The molecule has 4 rings (SSSR count). The van der Waals surface area contributed by atoms with Crippen LogP contribution >= 0.6 is 11.8 Å². The lowest BCUT2D eigenvalue weighted by Gasteiger charge is -2.29. The Hall–Kier alpha value is -2.31. The maximum atomic E-state index is 12.8. The molecule has 0 aliphatic carbocycles. The molecule has 2 aromatic carbocycles. The van der Waals surface area contributed by atoms with E-state index in [1.165, 1.54) is 17.3 Å². The fraction of sp³-hybridized carbons (Fsp3) is 0.333. The number of morpholine rings is 1. The number of hydrogen-bond donors (Lipinski definition) is 0. The Kier molecular flexibility index (Phi) is 5.18. The molecule has 1 aromatic heterocycles. The van der Waals surface area contributed by atoms with Gasteiger partial charge in [-0.1, -0.05) is 41.6 Å². The molecule has 27 heavy (non-hydrogen) atoms. The Labute approximate surface area is 163 Å². The standard InChI is InChI=1S/C21H23N3O2S/c1-15-7-9-17(10-8-15)24-19-6-4-3-5-18(19)22-21(24)27-16(2)20(25)23-11-13-26-14-12-23/h3-10,16H,11-14H2,1-2H3. The number of fused-ring (bicyclic) bond motifs is 1. The van der Waals surface area contributed by atoms with Crippen LogP contribution in [-0.2, 0) is 9.53 Å². The second kappa shape index (κ2) is 7.74. The number of aryl methyl sites for hydroxylation is 1. The highest BCUT2D eigenvalue weighted by Gasteiger charge is 2.25. The monoisotopic (exact) mass is 381 g/mol. The van der Waals surface area contributed by atoms with Gasteiger partial charge in [0.2, 0.25) is 5.91 Å². The van der Waals surface area contributed by atoms with Crippen molar-refractivity contribution >= 4 is 28.7 Å². The molecule has 2 heterocycles. The van der Waals surface area contributed by atoms with E-state index in [1.54, 1.807) is 0 Å². The molecule has 0 bridgehead atoms. The lowest BCUT2D eigenvalue weighted by molar-refractivity contribution is -0.134. The zero-order valence-electron chi connectivity index (χ0n) is 15.6. The average molecular weight is 382 g/mol. The van der Waals surface area contributed by atoms with Gasteiger partial charge in [-0.25, -0.2) is 4.98 Å². The number of benzene rings is 2. The fourth-order valence-corrected chi connectivity index (χ4v) is 4.30.